The number of nitrogens with zero attached hydrogens (tertiary/aromatic N) is 4. The summed E-state index contributed by atoms with van der Waals surface area (Å²) in [6.07, 6.45) is 7.66. The van der Waals surface area contributed by atoms with Crippen molar-refractivity contribution < 1.29 is 0 Å². The van der Waals surface area contributed by atoms with Gasteiger partial charge in [-0.2, -0.15) is 0 Å². The van der Waals surface area contributed by atoms with Crippen LogP contribution in [0.3, 0.4) is 0 Å². The van der Waals surface area contributed by atoms with Crippen molar-refractivity contribution >= 4 is 40.2 Å². The van der Waals surface area contributed by atoms with Gasteiger partial charge in [-0.3, -0.25) is 0 Å². The number of likely N-dealkylation sites (tertiary alicyclic amines) is 1. The molecule has 0 saturated carbocycles. The molecule has 1 fully saturated rings. The zero-order valence-electron chi connectivity index (χ0n) is 13.5. The topological polar surface area (TPSA) is 53.4 Å². The van der Waals surface area contributed by atoms with Crippen molar-refractivity contribution in [1.29, 1.82) is 0 Å². The van der Waals surface area contributed by atoms with Crippen LogP contribution in [0.25, 0.3) is 0 Å². The van der Waals surface area contributed by atoms with Crippen LogP contribution < -0.4 is 5.32 Å². The lowest BCUT2D eigenvalue weighted by molar-refractivity contribution is 0.328. The minimum Gasteiger partial charge on any atom is -0.351 e. The first-order chi connectivity index (χ1) is 11.7. The molecular formula is C17H20ClN5S. The molecule has 3 rings (SSSR count). The average molecular weight is 362 g/mol. The highest BCUT2D eigenvalue weighted by molar-refractivity contribution is 8.13. The monoisotopic (exact) mass is 361 g/mol. The number of rotatable bonds is 3. The fourth-order valence-corrected chi connectivity index (χ4v) is 3.41. The van der Waals surface area contributed by atoms with Crippen LogP contribution in [-0.4, -0.2) is 45.4 Å². The molecule has 7 heteroatoms. The summed E-state index contributed by atoms with van der Waals surface area (Å²) in [5, 5.41) is 5.18. The SMILES string of the molecule is CS/C(=N\c1ccc(Cl)cc1)N1CCC(Nc2ncccn2)CC1. The molecule has 0 spiro atoms. The highest BCUT2D eigenvalue weighted by Gasteiger charge is 2.21. The minimum atomic E-state index is 0.405. The van der Waals surface area contributed by atoms with Gasteiger partial charge in [-0.1, -0.05) is 23.4 Å². The van der Waals surface area contributed by atoms with Crippen molar-refractivity contribution in [3.05, 3.63) is 47.7 Å². The Bertz CT molecular complexity index is 669. The fraction of sp³-hybridized carbons (Fsp3) is 0.353. The molecule has 5 nitrogen and oxygen atoms in total. The number of nitrogens with one attached hydrogen (secondary N) is 1. The quantitative estimate of drug-likeness (QED) is 0.660. The Kier molecular flexibility index (Phi) is 5.93. The van der Waals surface area contributed by atoms with Crippen LogP contribution in [0.5, 0.6) is 0 Å². The van der Waals surface area contributed by atoms with E-state index in [1.807, 2.05) is 30.3 Å². The summed E-state index contributed by atoms with van der Waals surface area (Å²) in [6, 6.07) is 9.86. The van der Waals surface area contributed by atoms with E-state index >= 15 is 0 Å². The maximum absolute atomic E-state index is 5.93. The van der Waals surface area contributed by atoms with Crippen LogP contribution in [-0.2, 0) is 0 Å². The van der Waals surface area contributed by atoms with E-state index in [9.17, 15) is 0 Å². The summed E-state index contributed by atoms with van der Waals surface area (Å²) in [5.41, 5.74) is 0.932. The van der Waals surface area contributed by atoms with Gasteiger partial charge in [0.2, 0.25) is 5.95 Å². The molecule has 0 bridgehead atoms. The smallest absolute Gasteiger partial charge is 0.222 e. The molecule has 1 aromatic carbocycles. The predicted octanol–water partition coefficient (Wildman–Crippen LogP) is 4.06. The van der Waals surface area contributed by atoms with Gasteiger partial charge in [0.05, 0.1) is 5.69 Å². The summed E-state index contributed by atoms with van der Waals surface area (Å²) >= 11 is 7.61. The summed E-state index contributed by atoms with van der Waals surface area (Å²) in [7, 11) is 0. The molecule has 0 unspecified atom stereocenters. The van der Waals surface area contributed by atoms with Crippen LogP contribution in [0.1, 0.15) is 12.8 Å². The fourth-order valence-electron chi connectivity index (χ4n) is 2.64. The van der Waals surface area contributed by atoms with E-state index in [0.717, 1.165) is 41.8 Å². The Morgan fingerprint density at radius 1 is 1.21 bits per heavy atom. The van der Waals surface area contributed by atoms with Crippen molar-refractivity contribution in [3.63, 3.8) is 0 Å². The number of aliphatic imine (C=N–C) groups is 1. The number of thioether (sulfide) groups is 1. The Morgan fingerprint density at radius 2 is 1.88 bits per heavy atom. The van der Waals surface area contributed by atoms with Gasteiger partial charge < -0.3 is 10.2 Å². The number of halogens is 1. The normalized spacial score (nSPS) is 16.2. The summed E-state index contributed by atoms with van der Waals surface area (Å²) in [5.74, 6) is 0.705. The molecule has 0 amide bonds. The molecule has 1 aromatic heterocycles. The number of anilines is 1. The van der Waals surface area contributed by atoms with E-state index in [-0.39, 0.29) is 0 Å². The average Bonchev–Trinajstić information content (AvgIpc) is 2.63. The van der Waals surface area contributed by atoms with Crippen molar-refractivity contribution in [3.8, 4) is 0 Å². The van der Waals surface area contributed by atoms with Crippen molar-refractivity contribution in [2.24, 2.45) is 4.99 Å². The van der Waals surface area contributed by atoms with Gasteiger partial charge in [-0.05, 0) is 49.4 Å². The number of piperidine rings is 1. The van der Waals surface area contributed by atoms with E-state index in [0.29, 0.717) is 12.0 Å². The lowest BCUT2D eigenvalue weighted by Crippen LogP contribution is -2.41. The first-order valence-electron chi connectivity index (χ1n) is 7.91. The highest BCUT2D eigenvalue weighted by atomic mass is 35.5. The van der Waals surface area contributed by atoms with E-state index in [2.05, 4.69) is 26.4 Å². The Hall–Kier alpha value is -1.79. The number of amidine groups is 1. The molecule has 126 valence electrons. The molecule has 0 atom stereocenters. The molecule has 1 saturated heterocycles. The second kappa shape index (κ2) is 8.35. The molecule has 2 heterocycles. The number of hydrogen-bond donors (Lipinski definition) is 1. The highest BCUT2D eigenvalue weighted by Crippen LogP contribution is 2.22. The van der Waals surface area contributed by atoms with Gasteiger partial charge >= 0.3 is 0 Å². The molecule has 1 N–H and O–H groups in total. The lowest BCUT2D eigenvalue weighted by atomic mass is 10.1. The van der Waals surface area contributed by atoms with Crippen LogP contribution in [0.15, 0.2) is 47.7 Å². The summed E-state index contributed by atoms with van der Waals surface area (Å²) in [6.45, 7) is 1.94. The second-order valence-electron chi connectivity index (χ2n) is 5.55. The molecule has 1 aliphatic rings. The van der Waals surface area contributed by atoms with E-state index in [1.165, 1.54) is 0 Å². The molecule has 2 aromatic rings. The van der Waals surface area contributed by atoms with Gasteiger partial charge in [0.25, 0.3) is 0 Å². The summed E-state index contributed by atoms with van der Waals surface area (Å²) in [4.78, 5) is 15.6. The molecular weight excluding hydrogens is 342 g/mol. The minimum absolute atomic E-state index is 0.405. The van der Waals surface area contributed by atoms with Crippen LogP contribution in [0.2, 0.25) is 5.02 Å². The largest absolute Gasteiger partial charge is 0.351 e. The van der Waals surface area contributed by atoms with Gasteiger partial charge in [0.1, 0.15) is 0 Å². The third-order valence-electron chi connectivity index (χ3n) is 3.90. The zero-order chi connectivity index (χ0) is 16.8. The standard InChI is InChI=1S/C17H20ClN5S/c1-24-17(22-14-5-3-13(18)4-6-14)23-11-7-15(8-12-23)21-16-19-9-2-10-20-16/h2-6,9-10,15H,7-8,11-12H2,1H3,(H,19,20,21)/b22-17-. The number of benzene rings is 1. The molecule has 1 aliphatic heterocycles. The van der Waals surface area contributed by atoms with E-state index in [1.54, 1.807) is 24.2 Å². The van der Waals surface area contributed by atoms with Crippen molar-refractivity contribution in [1.82, 2.24) is 14.9 Å². The van der Waals surface area contributed by atoms with Crippen LogP contribution >= 0.6 is 23.4 Å². The molecule has 0 radical (unpaired) electrons. The number of aromatic nitrogens is 2. The first-order valence-corrected chi connectivity index (χ1v) is 9.51. The van der Waals surface area contributed by atoms with Crippen LogP contribution in [0, 0.1) is 0 Å². The Morgan fingerprint density at radius 3 is 2.50 bits per heavy atom. The number of hydrogen-bond acceptors (Lipinski definition) is 5. The van der Waals surface area contributed by atoms with Gasteiger partial charge in [0.15, 0.2) is 5.17 Å². The van der Waals surface area contributed by atoms with Crippen molar-refractivity contribution in [2.75, 3.05) is 24.7 Å². The van der Waals surface area contributed by atoms with Gasteiger partial charge in [-0.15, -0.1) is 0 Å². The summed E-state index contributed by atoms with van der Waals surface area (Å²) < 4.78 is 0. The molecule has 0 aliphatic carbocycles. The molecule has 24 heavy (non-hydrogen) atoms. The van der Waals surface area contributed by atoms with E-state index in [4.69, 9.17) is 16.6 Å². The third kappa shape index (κ3) is 4.61. The van der Waals surface area contributed by atoms with Crippen molar-refractivity contribution in [2.45, 2.75) is 18.9 Å². The third-order valence-corrected chi connectivity index (χ3v) is 4.87. The lowest BCUT2D eigenvalue weighted by Gasteiger charge is -2.33. The zero-order valence-corrected chi connectivity index (χ0v) is 15.1. The van der Waals surface area contributed by atoms with Crippen LogP contribution in [0.4, 0.5) is 11.6 Å². The van der Waals surface area contributed by atoms with E-state index < -0.39 is 0 Å². The Labute approximate surface area is 151 Å². The predicted molar refractivity (Wildman–Crippen MR) is 102 cm³/mol. The first kappa shape index (κ1) is 17.0. The Balaban J connectivity index is 1.59. The second-order valence-corrected chi connectivity index (χ2v) is 6.76. The maximum atomic E-state index is 5.93. The van der Waals surface area contributed by atoms with Gasteiger partial charge in [-0.25, -0.2) is 15.0 Å². The van der Waals surface area contributed by atoms with Gasteiger partial charge in [0, 0.05) is 36.5 Å². The maximum Gasteiger partial charge on any atom is 0.222 e.